The zero-order valence-corrected chi connectivity index (χ0v) is 9.96. The summed E-state index contributed by atoms with van der Waals surface area (Å²) in [6.45, 7) is 0. The fourth-order valence-corrected chi connectivity index (χ4v) is 2.19. The van der Waals surface area contributed by atoms with Crippen molar-refractivity contribution in [2.45, 2.75) is 44.4 Å². The van der Waals surface area contributed by atoms with E-state index in [1.54, 1.807) is 0 Å². The average Bonchev–Trinajstić information content (AvgIpc) is 2.32. The lowest BCUT2D eigenvalue weighted by Crippen LogP contribution is -2.20. The van der Waals surface area contributed by atoms with E-state index in [4.69, 9.17) is 10.5 Å². The molecule has 0 heterocycles. The molecule has 2 rings (SSSR count). The number of halogens is 3. The molecule has 1 saturated carbocycles. The van der Waals surface area contributed by atoms with Gasteiger partial charge < -0.3 is 10.5 Å². The molecule has 1 aromatic rings. The molecule has 2 nitrogen and oxygen atoms in total. The van der Waals surface area contributed by atoms with Gasteiger partial charge in [-0.05, 0) is 43.9 Å². The van der Waals surface area contributed by atoms with E-state index >= 15 is 0 Å². The molecule has 0 saturated heterocycles. The van der Waals surface area contributed by atoms with Gasteiger partial charge in [0.2, 0.25) is 0 Å². The topological polar surface area (TPSA) is 35.2 Å². The number of rotatable bonds is 2. The van der Waals surface area contributed by atoms with E-state index in [-0.39, 0.29) is 11.8 Å². The average molecular weight is 259 g/mol. The van der Waals surface area contributed by atoms with Gasteiger partial charge in [0.15, 0.2) is 0 Å². The Morgan fingerprint density at radius 3 is 2.33 bits per heavy atom. The molecule has 2 N–H and O–H groups in total. The van der Waals surface area contributed by atoms with Crippen molar-refractivity contribution in [2.75, 3.05) is 5.73 Å². The Morgan fingerprint density at radius 2 is 1.78 bits per heavy atom. The number of hydrogen-bond donors (Lipinski definition) is 1. The van der Waals surface area contributed by atoms with Crippen molar-refractivity contribution in [3.05, 3.63) is 23.8 Å². The van der Waals surface area contributed by atoms with E-state index in [9.17, 15) is 13.2 Å². The predicted molar refractivity (Wildman–Crippen MR) is 63.4 cm³/mol. The van der Waals surface area contributed by atoms with Crippen molar-refractivity contribution in [2.24, 2.45) is 0 Å². The first-order chi connectivity index (χ1) is 8.47. The summed E-state index contributed by atoms with van der Waals surface area (Å²) in [5.41, 5.74) is 4.92. The number of anilines is 1. The van der Waals surface area contributed by atoms with Crippen LogP contribution in [0.25, 0.3) is 0 Å². The van der Waals surface area contributed by atoms with Crippen LogP contribution in [0, 0.1) is 0 Å². The zero-order valence-electron chi connectivity index (χ0n) is 9.96. The smallest absolute Gasteiger partial charge is 0.416 e. The first-order valence-corrected chi connectivity index (χ1v) is 6.10. The fraction of sp³-hybridized carbons (Fsp3) is 0.538. The third-order valence-electron chi connectivity index (χ3n) is 3.18. The summed E-state index contributed by atoms with van der Waals surface area (Å²) in [6.07, 6.45) is 1.01. The zero-order chi connectivity index (χ0) is 13.2. The van der Waals surface area contributed by atoms with Gasteiger partial charge in [0, 0.05) is 0 Å². The molecule has 1 aromatic carbocycles. The van der Waals surface area contributed by atoms with Gasteiger partial charge in [-0.15, -0.1) is 0 Å². The van der Waals surface area contributed by atoms with Crippen LogP contribution in [-0.4, -0.2) is 6.10 Å². The molecular weight excluding hydrogens is 243 g/mol. The second-order valence-corrected chi connectivity index (χ2v) is 4.63. The van der Waals surface area contributed by atoms with Crippen LogP contribution in [0.2, 0.25) is 0 Å². The van der Waals surface area contributed by atoms with E-state index in [1.165, 1.54) is 12.5 Å². The molecule has 0 radical (unpaired) electrons. The molecule has 100 valence electrons. The minimum atomic E-state index is -4.36. The lowest BCUT2D eigenvalue weighted by molar-refractivity contribution is -0.137. The molecule has 0 amide bonds. The summed E-state index contributed by atoms with van der Waals surface area (Å²) in [7, 11) is 0. The summed E-state index contributed by atoms with van der Waals surface area (Å²) in [4.78, 5) is 0. The largest absolute Gasteiger partial charge is 0.488 e. The molecule has 1 aliphatic rings. The van der Waals surface area contributed by atoms with Crippen molar-refractivity contribution in [1.82, 2.24) is 0 Å². The van der Waals surface area contributed by atoms with Gasteiger partial charge in [0.05, 0.1) is 17.4 Å². The van der Waals surface area contributed by atoms with Gasteiger partial charge >= 0.3 is 6.18 Å². The SMILES string of the molecule is Nc1cc(C(F)(F)F)ccc1OC1CCCCC1. The maximum atomic E-state index is 12.5. The number of ether oxygens (including phenoxy) is 1. The minimum Gasteiger partial charge on any atom is -0.488 e. The fourth-order valence-electron chi connectivity index (χ4n) is 2.19. The van der Waals surface area contributed by atoms with Crippen LogP contribution < -0.4 is 10.5 Å². The van der Waals surface area contributed by atoms with E-state index in [0.717, 1.165) is 37.8 Å². The van der Waals surface area contributed by atoms with Gasteiger partial charge in [-0.2, -0.15) is 13.2 Å². The second-order valence-electron chi connectivity index (χ2n) is 4.63. The van der Waals surface area contributed by atoms with E-state index < -0.39 is 11.7 Å². The lowest BCUT2D eigenvalue weighted by atomic mass is 9.98. The van der Waals surface area contributed by atoms with Gasteiger partial charge in [-0.25, -0.2) is 0 Å². The number of hydrogen-bond acceptors (Lipinski definition) is 2. The van der Waals surface area contributed by atoms with Crippen molar-refractivity contribution in [3.8, 4) is 5.75 Å². The Balaban J connectivity index is 2.09. The maximum absolute atomic E-state index is 12.5. The quantitative estimate of drug-likeness (QED) is 0.815. The summed E-state index contributed by atoms with van der Waals surface area (Å²) < 4.78 is 43.0. The molecule has 0 aromatic heterocycles. The first kappa shape index (κ1) is 13.1. The van der Waals surface area contributed by atoms with Crippen molar-refractivity contribution in [1.29, 1.82) is 0 Å². The first-order valence-electron chi connectivity index (χ1n) is 6.10. The summed E-state index contributed by atoms with van der Waals surface area (Å²) in [5.74, 6) is 0.356. The van der Waals surface area contributed by atoms with E-state index in [2.05, 4.69) is 0 Å². The normalized spacial score (nSPS) is 17.7. The van der Waals surface area contributed by atoms with Crippen LogP contribution in [-0.2, 0) is 6.18 Å². The molecule has 1 aliphatic carbocycles. The van der Waals surface area contributed by atoms with Gasteiger partial charge in [-0.3, -0.25) is 0 Å². The minimum absolute atomic E-state index is 0.0513. The summed E-state index contributed by atoms with van der Waals surface area (Å²) in [5, 5.41) is 0. The standard InChI is InChI=1S/C13H16F3NO/c14-13(15,16)9-6-7-12(11(17)8-9)18-10-4-2-1-3-5-10/h6-8,10H,1-5,17H2. The Hall–Kier alpha value is -1.39. The second kappa shape index (κ2) is 5.08. The molecule has 5 heteroatoms. The number of alkyl halides is 3. The molecule has 0 bridgehead atoms. The Morgan fingerprint density at radius 1 is 1.11 bits per heavy atom. The molecule has 0 aliphatic heterocycles. The summed E-state index contributed by atoms with van der Waals surface area (Å²) >= 11 is 0. The van der Waals surface area contributed by atoms with E-state index in [1.807, 2.05) is 0 Å². The van der Waals surface area contributed by atoms with Gasteiger partial charge in [0.1, 0.15) is 5.75 Å². The highest BCUT2D eigenvalue weighted by atomic mass is 19.4. The highest BCUT2D eigenvalue weighted by molar-refractivity contribution is 5.54. The highest BCUT2D eigenvalue weighted by Crippen LogP contribution is 2.34. The molecule has 0 unspecified atom stereocenters. The van der Waals surface area contributed by atoms with Crippen LogP contribution in [0.3, 0.4) is 0 Å². The number of benzene rings is 1. The maximum Gasteiger partial charge on any atom is 0.416 e. The molecule has 0 spiro atoms. The third-order valence-corrected chi connectivity index (χ3v) is 3.18. The number of nitrogens with two attached hydrogens (primary N) is 1. The van der Waals surface area contributed by atoms with Gasteiger partial charge in [-0.1, -0.05) is 6.42 Å². The van der Waals surface area contributed by atoms with Crippen LogP contribution in [0.15, 0.2) is 18.2 Å². The van der Waals surface area contributed by atoms with Crippen LogP contribution in [0.1, 0.15) is 37.7 Å². The number of nitrogen functional groups attached to an aromatic ring is 1. The lowest BCUT2D eigenvalue weighted by Gasteiger charge is -2.24. The monoisotopic (exact) mass is 259 g/mol. The summed E-state index contributed by atoms with van der Waals surface area (Å²) in [6, 6.07) is 3.25. The van der Waals surface area contributed by atoms with Crippen LogP contribution in [0.5, 0.6) is 5.75 Å². The molecular formula is C13H16F3NO. The Bertz CT molecular complexity index is 411. The van der Waals surface area contributed by atoms with Crippen molar-refractivity contribution in [3.63, 3.8) is 0 Å². The van der Waals surface area contributed by atoms with Gasteiger partial charge in [0.25, 0.3) is 0 Å². The van der Waals surface area contributed by atoms with Crippen LogP contribution in [0.4, 0.5) is 18.9 Å². The predicted octanol–water partition coefficient (Wildman–Crippen LogP) is 4.00. The molecule has 18 heavy (non-hydrogen) atoms. The molecule has 0 atom stereocenters. The highest BCUT2D eigenvalue weighted by Gasteiger charge is 2.31. The molecule has 1 fully saturated rings. The van der Waals surface area contributed by atoms with Crippen molar-refractivity contribution < 1.29 is 17.9 Å². The third kappa shape index (κ3) is 3.09. The van der Waals surface area contributed by atoms with Crippen molar-refractivity contribution >= 4 is 5.69 Å². The Labute approximate surface area is 104 Å². The van der Waals surface area contributed by atoms with Crippen LogP contribution >= 0.6 is 0 Å². The van der Waals surface area contributed by atoms with E-state index in [0.29, 0.717) is 5.75 Å². The Kier molecular flexibility index (Phi) is 3.68.